The van der Waals surface area contributed by atoms with Crippen molar-refractivity contribution in [2.24, 2.45) is 5.92 Å². The van der Waals surface area contributed by atoms with Crippen LogP contribution >= 0.6 is 0 Å². The maximum atomic E-state index is 12.1. The van der Waals surface area contributed by atoms with Crippen molar-refractivity contribution in [1.29, 1.82) is 0 Å². The fourth-order valence-corrected chi connectivity index (χ4v) is 4.04. The van der Waals surface area contributed by atoms with E-state index in [4.69, 9.17) is 9.47 Å². The minimum absolute atomic E-state index is 0.0567. The number of hydrogen-bond acceptors (Lipinski definition) is 4. The maximum absolute atomic E-state index is 12.1. The van der Waals surface area contributed by atoms with Crippen molar-refractivity contribution in [3.63, 3.8) is 0 Å². The number of ether oxygens (including phenoxy) is 2. The molecule has 2 aliphatic heterocycles. The summed E-state index contributed by atoms with van der Waals surface area (Å²) < 4.78 is 12.5. The Bertz CT molecular complexity index is 928. The molecule has 1 aromatic carbocycles. The molecule has 0 aliphatic carbocycles. The third-order valence-corrected chi connectivity index (χ3v) is 5.72. The summed E-state index contributed by atoms with van der Waals surface area (Å²) in [6, 6.07) is 1.59. The zero-order chi connectivity index (χ0) is 18.1. The van der Waals surface area contributed by atoms with Crippen LogP contribution in [0.25, 0.3) is 10.9 Å². The number of pyridine rings is 1. The number of aromatic nitrogens is 1. The van der Waals surface area contributed by atoms with E-state index in [0.717, 1.165) is 35.1 Å². The number of aliphatic hydroxyl groups is 1. The number of aliphatic hydroxyl groups excluding tert-OH is 1. The van der Waals surface area contributed by atoms with Crippen LogP contribution < -0.4 is 15.0 Å². The van der Waals surface area contributed by atoms with Crippen LogP contribution in [0.3, 0.4) is 0 Å². The second-order valence-corrected chi connectivity index (χ2v) is 8.11. The molecule has 3 heterocycles. The van der Waals surface area contributed by atoms with Gasteiger partial charge in [-0.15, -0.1) is 0 Å². The maximum Gasteiger partial charge on any atom is 0.248 e. The molecule has 0 amide bonds. The largest absolute Gasteiger partial charge is 0.489 e. The smallest absolute Gasteiger partial charge is 0.248 e. The summed E-state index contributed by atoms with van der Waals surface area (Å²) in [7, 11) is 0. The van der Waals surface area contributed by atoms with Gasteiger partial charge in [0.1, 0.15) is 23.2 Å². The number of H-pyrrole nitrogens is 1. The van der Waals surface area contributed by atoms with Crippen molar-refractivity contribution in [1.82, 2.24) is 4.98 Å². The van der Waals surface area contributed by atoms with E-state index in [1.165, 1.54) is 0 Å². The topological polar surface area (TPSA) is 71.6 Å². The fraction of sp³-hybridized carbons (Fsp3) is 0.550. The van der Waals surface area contributed by atoms with Crippen molar-refractivity contribution in [2.45, 2.75) is 65.3 Å². The zero-order valence-electron chi connectivity index (χ0n) is 15.4. The molecule has 4 rings (SSSR count). The quantitative estimate of drug-likeness (QED) is 0.769. The fourth-order valence-electron chi connectivity index (χ4n) is 4.04. The third-order valence-electron chi connectivity index (χ3n) is 5.72. The minimum atomic E-state index is -0.682. The van der Waals surface area contributed by atoms with Crippen LogP contribution in [0.2, 0.25) is 0 Å². The summed E-state index contributed by atoms with van der Waals surface area (Å²) in [6.45, 7) is 10.00. The van der Waals surface area contributed by atoms with Gasteiger partial charge in [-0.05, 0) is 46.1 Å². The summed E-state index contributed by atoms with van der Waals surface area (Å²) in [6.07, 6.45) is 0.922. The van der Waals surface area contributed by atoms with Crippen LogP contribution in [0.15, 0.2) is 10.9 Å². The lowest BCUT2D eigenvalue weighted by Crippen LogP contribution is -2.36. The highest BCUT2D eigenvalue weighted by Crippen LogP contribution is 2.51. The second kappa shape index (κ2) is 5.24. The highest BCUT2D eigenvalue weighted by Gasteiger charge is 2.40. The van der Waals surface area contributed by atoms with Crippen molar-refractivity contribution in [3.8, 4) is 11.5 Å². The Labute approximate surface area is 147 Å². The van der Waals surface area contributed by atoms with E-state index in [2.05, 4.69) is 18.8 Å². The van der Waals surface area contributed by atoms with Gasteiger partial charge >= 0.3 is 0 Å². The first-order valence-electron chi connectivity index (χ1n) is 8.95. The van der Waals surface area contributed by atoms with Crippen LogP contribution in [0.4, 0.5) is 0 Å². The Balaban J connectivity index is 2.15. The lowest BCUT2D eigenvalue weighted by Gasteiger charge is -2.40. The molecular weight excluding hydrogens is 318 g/mol. The van der Waals surface area contributed by atoms with Gasteiger partial charge in [0, 0.05) is 28.5 Å². The molecule has 25 heavy (non-hydrogen) atoms. The molecule has 0 fully saturated rings. The molecule has 2 N–H and O–H groups in total. The first kappa shape index (κ1) is 16.5. The van der Waals surface area contributed by atoms with Crippen molar-refractivity contribution in [3.05, 3.63) is 33.1 Å². The van der Waals surface area contributed by atoms with Crippen LogP contribution in [-0.4, -0.2) is 21.8 Å². The predicted molar refractivity (Wildman–Crippen MR) is 96.5 cm³/mol. The number of rotatable bonds is 0. The summed E-state index contributed by atoms with van der Waals surface area (Å²) in [5.74, 6) is 1.42. The van der Waals surface area contributed by atoms with Crippen LogP contribution in [0.5, 0.6) is 11.5 Å². The Morgan fingerprint density at radius 1 is 1.28 bits per heavy atom. The molecule has 0 saturated carbocycles. The van der Waals surface area contributed by atoms with Gasteiger partial charge in [-0.25, -0.2) is 0 Å². The highest BCUT2D eigenvalue weighted by molar-refractivity contribution is 5.95. The van der Waals surface area contributed by atoms with E-state index in [-0.39, 0.29) is 23.2 Å². The van der Waals surface area contributed by atoms with E-state index in [1.807, 2.05) is 20.8 Å². The van der Waals surface area contributed by atoms with Gasteiger partial charge in [0.15, 0.2) is 0 Å². The van der Waals surface area contributed by atoms with Crippen LogP contribution in [-0.2, 0) is 6.42 Å². The molecule has 5 nitrogen and oxygen atoms in total. The average molecular weight is 343 g/mol. The van der Waals surface area contributed by atoms with E-state index in [9.17, 15) is 9.90 Å². The molecule has 0 radical (unpaired) electrons. The first-order chi connectivity index (χ1) is 11.7. The van der Waals surface area contributed by atoms with Crippen molar-refractivity contribution in [2.75, 3.05) is 0 Å². The number of benzene rings is 1. The summed E-state index contributed by atoms with van der Waals surface area (Å²) in [5, 5.41) is 11.8. The number of nitrogens with one attached hydrogen (secondary N) is 1. The van der Waals surface area contributed by atoms with E-state index in [0.29, 0.717) is 16.8 Å². The molecule has 134 valence electrons. The van der Waals surface area contributed by atoms with E-state index < -0.39 is 6.10 Å². The molecule has 0 spiro atoms. The monoisotopic (exact) mass is 343 g/mol. The van der Waals surface area contributed by atoms with Crippen molar-refractivity contribution < 1.29 is 14.6 Å². The Kier molecular flexibility index (Phi) is 3.45. The molecule has 5 heteroatoms. The lowest BCUT2D eigenvalue weighted by atomic mass is 9.83. The molecule has 1 aromatic heterocycles. The van der Waals surface area contributed by atoms with Gasteiger partial charge in [0.25, 0.3) is 0 Å². The van der Waals surface area contributed by atoms with Gasteiger partial charge in [0.05, 0.1) is 11.6 Å². The molecule has 0 unspecified atom stereocenters. The molecule has 0 bridgehead atoms. The van der Waals surface area contributed by atoms with Gasteiger partial charge in [-0.3, -0.25) is 4.79 Å². The third kappa shape index (κ3) is 2.36. The normalized spacial score (nSPS) is 27.2. The molecule has 3 atom stereocenters. The Hall–Kier alpha value is -2.01. The molecule has 0 saturated heterocycles. The summed E-state index contributed by atoms with van der Waals surface area (Å²) >= 11 is 0. The standard InChI is InChI=1S/C20H25NO4/c1-9-8-13(22)21-16-14(9)19-12(6-7-20(4,5)25-19)18-15(16)17(23)10(2)11(3)24-18/h8,10-11,17,23H,6-7H2,1-5H3,(H,21,22)/t10-,11+,17+/m0/s1. The van der Waals surface area contributed by atoms with E-state index in [1.54, 1.807) is 6.07 Å². The van der Waals surface area contributed by atoms with Gasteiger partial charge in [-0.2, -0.15) is 0 Å². The summed E-state index contributed by atoms with van der Waals surface area (Å²) in [5.41, 5.74) is 2.75. The molecular formula is C20H25NO4. The van der Waals surface area contributed by atoms with Crippen LogP contribution in [0, 0.1) is 12.8 Å². The molecule has 2 aliphatic rings. The van der Waals surface area contributed by atoms with E-state index >= 15 is 0 Å². The highest BCUT2D eigenvalue weighted by atomic mass is 16.5. The van der Waals surface area contributed by atoms with Crippen LogP contribution in [0.1, 0.15) is 56.9 Å². The van der Waals surface area contributed by atoms with Gasteiger partial charge < -0.3 is 19.6 Å². The number of aryl methyl sites for hydroxylation is 1. The minimum Gasteiger partial charge on any atom is -0.489 e. The first-order valence-corrected chi connectivity index (χ1v) is 8.95. The number of aromatic amines is 1. The lowest BCUT2D eigenvalue weighted by molar-refractivity contribution is 0.0158. The average Bonchev–Trinajstić information content (AvgIpc) is 2.50. The predicted octanol–water partition coefficient (Wildman–Crippen LogP) is 3.39. The van der Waals surface area contributed by atoms with Gasteiger partial charge in [0.2, 0.25) is 5.56 Å². The second-order valence-electron chi connectivity index (χ2n) is 8.11. The number of fused-ring (bicyclic) bond motifs is 6. The number of hydrogen-bond donors (Lipinski definition) is 2. The Morgan fingerprint density at radius 3 is 2.72 bits per heavy atom. The van der Waals surface area contributed by atoms with Crippen molar-refractivity contribution >= 4 is 10.9 Å². The van der Waals surface area contributed by atoms with Gasteiger partial charge in [-0.1, -0.05) is 6.92 Å². The molecule has 2 aromatic rings. The SMILES string of the molecule is Cc1cc(=O)[nH]c2c3c(c4c(c12)OC(C)(C)CC4)O[C@H](C)[C@H](C)[C@H]3O. The summed E-state index contributed by atoms with van der Waals surface area (Å²) in [4.78, 5) is 15.0. The zero-order valence-corrected chi connectivity index (χ0v) is 15.4. The Morgan fingerprint density at radius 2 is 2.00 bits per heavy atom.